The molecular formula is C17H22N2O. The maximum Gasteiger partial charge on any atom is 0.0462 e. The Labute approximate surface area is 120 Å². The molecule has 20 heavy (non-hydrogen) atoms. The van der Waals surface area contributed by atoms with Gasteiger partial charge in [0.1, 0.15) is 0 Å². The van der Waals surface area contributed by atoms with Gasteiger partial charge in [-0.15, -0.1) is 0 Å². The third-order valence-corrected chi connectivity index (χ3v) is 4.52. The molecule has 1 heterocycles. The molecule has 0 aliphatic heterocycles. The number of aliphatic hydroxyl groups is 1. The fourth-order valence-electron chi connectivity index (χ4n) is 3.33. The number of hydrogen-bond donors (Lipinski definition) is 2. The fraction of sp³-hybridized carbons (Fsp3) is 0.471. The maximum absolute atomic E-state index is 9.36. The molecule has 0 spiro atoms. The lowest BCUT2D eigenvalue weighted by Crippen LogP contribution is -2.26. The Morgan fingerprint density at radius 2 is 2.00 bits per heavy atom. The van der Waals surface area contributed by atoms with Crippen LogP contribution in [0.5, 0.6) is 0 Å². The van der Waals surface area contributed by atoms with E-state index in [1.165, 1.54) is 35.6 Å². The summed E-state index contributed by atoms with van der Waals surface area (Å²) in [5.74, 6) is 1.12. The van der Waals surface area contributed by atoms with Crippen LogP contribution in [0.3, 0.4) is 0 Å². The van der Waals surface area contributed by atoms with Crippen molar-refractivity contribution in [3.63, 3.8) is 0 Å². The molecule has 1 aromatic carbocycles. The molecule has 1 aliphatic rings. The summed E-state index contributed by atoms with van der Waals surface area (Å²) in [5.41, 5.74) is 1.25. The van der Waals surface area contributed by atoms with Crippen molar-refractivity contribution in [2.75, 3.05) is 13.2 Å². The van der Waals surface area contributed by atoms with Crippen molar-refractivity contribution in [3.05, 3.63) is 42.2 Å². The summed E-state index contributed by atoms with van der Waals surface area (Å²) in [7, 11) is 0. The molecule has 3 nitrogen and oxygen atoms in total. The number of nitrogens with zero attached hydrogens (tertiary/aromatic N) is 1. The van der Waals surface area contributed by atoms with Crippen molar-refractivity contribution in [2.24, 2.45) is 11.8 Å². The van der Waals surface area contributed by atoms with Crippen LogP contribution in [0.4, 0.5) is 0 Å². The second-order valence-electron chi connectivity index (χ2n) is 5.78. The van der Waals surface area contributed by atoms with Gasteiger partial charge >= 0.3 is 0 Å². The van der Waals surface area contributed by atoms with Crippen LogP contribution in [-0.4, -0.2) is 23.2 Å². The van der Waals surface area contributed by atoms with Crippen LogP contribution in [0.25, 0.3) is 10.8 Å². The Morgan fingerprint density at radius 3 is 2.90 bits per heavy atom. The van der Waals surface area contributed by atoms with E-state index in [2.05, 4.69) is 28.5 Å². The van der Waals surface area contributed by atoms with Gasteiger partial charge in [-0.2, -0.15) is 0 Å². The van der Waals surface area contributed by atoms with Crippen LogP contribution in [0.1, 0.15) is 24.8 Å². The number of pyridine rings is 1. The summed E-state index contributed by atoms with van der Waals surface area (Å²) in [6.45, 7) is 2.18. The van der Waals surface area contributed by atoms with E-state index in [1.54, 1.807) is 0 Å². The summed E-state index contributed by atoms with van der Waals surface area (Å²) in [5, 5.41) is 15.4. The summed E-state index contributed by atoms with van der Waals surface area (Å²) >= 11 is 0. The van der Waals surface area contributed by atoms with Crippen molar-refractivity contribution in [1.82, 2.24) is 10.3 Å². The summed E-state index contributed by atoms with van der Waals surface area (Å²) in [6, 6.07) is 8.38. The van der Waals surface area contributed by atoms with Gasteiger partial charge in [-0.3, -0.25) is 4.98 Å². The van der Waals surface area contributed by atoms with Crippen molar-refractivity contribution in [1.29, 1.82) is 0 Å². The number of benzene rings is 1. The quantitative estimate of drug-likeness (QED) is 0.878. The Bertz CT molecular complexity index is 564. The van der Waals surface area contributed by atoms with Crippen LogP contribution < -0.4 is 5.32 Å². The predicted molar refractivity (Wildman–Crippen MR) is 81.4 cm³/mol. The monoisotopic (exact) mass is 270 g/mol. The lowest BCUT2D eigenvalue weighted by molar-refractivity contribution is 0.192. The zero-order valence-electron chi connectivity index (χ0n) is 11.8. The van der Waals surface area contributed by atoms with Crippen LogP contribution in [0.15, 0.2) is 36.7 Å². The molecule has 1 saturated carbocycles. The fourth-order valence-corrected chi connectivity index (χ4v) is 3.33. The number of nitrogens with one attached hydrogen (secondary N) is 1. The van der Waals surface area contributed by atoms with Crippen LogP contribution in [0, 0.1) is 11.8 Å². The first-order chi connectivity index (χ1) is 9.88. The Kier molecular flexibility index (Phi) is 4.28. The minimum Gasteiger partial charge on any atom is -0.396 e. The Hall–Kier alpha value is -1.45. The van der Waals surface area contributed by atoms with Gasteiger partial charge in [0.15, 0.2) is 0 Å². The second-order valence-corrected chi connectivity index (χ2v) is 5.78. The molecular weight excluding hydrogens is 248 g/mol. The van der Waals surface area contributed by atoms with E-state index in [0.29, 0.717) is 18.4 Å². The van der Waals surface area contributed by atoms with E-state index in [4.69, 9.17) is 0 Å². The molecule has 3 rings (SSSR count). The van der Waals surface area contributed by atoms with E-state index in [1.807, 2.05) is 18.5 Å². The van der Waals surface area contributed by atoms with Gasteiger partial charge in [0, 0.05) is 30.9 Å². The van der Waals surface area contributed by atoms with Gasteiger partial charge in [-0.25, -0.2) is 0 Å². The molecule has 1 aliphatic carbocycles. The molecule has 0 radical (unpaired) electrons. The van der Waals surface area contributed by atoms with E-state index in [0.717, 1.165) is 13.1 Å². The van der Waals surface area contributed by atoms with E-state index in [-0.39, 0.29) is 0 Å². The zero-order valence-corrected chi connectivity index (χ0v) is 11.8. The number of fused-ring (bicyclic) bond motifs is 1. The average molecular weight is 270 g/mol. The van der Waals surface area contributed by atoms with E-state index < -0.39 is 0 Å². The average Bonchev–Trinajstić information content (AvgIpc) is 2.95. The molecule has 0 bridgehead atoms. The highest BCUT2D eigenvalue weighted by molar-refractivity contribution is 5.84. The highest BCUT2D eigenvalue weighted by Gasteiger charge is 2.25. The van der Waals surface area contributed by atoms with Gasteiger partial charge in [0.25, 0.3) is 0 Å². The highest BCUT2D eigenvalue weighted by atomic mass is 16.3. The van der Waals surface area contributed by atoms with E-state index in [9.17, 15) is 5.11 Å². The number of aliphatic hydroxyl groups excluding tert-OH is 1. The first kappa shape index (κ1) is 13.5. The van der Waals surface area contributed by atoms with Gasteiger partial charge in [0.2, 0.25) is 0 Å². The Balaban J connectivity index is 1.63. The molecule has 1 aromatic heterocycles. The molecule has 2 N–H and O–H groups in total. The Morgan fingerprint density at radius 1 is 1.15 bits per heavy atom. The van der Waals surface area contributed by atoms with Crippen LogP contribution in [0.2, 0.25) is 0 Å². The minimum absolute atomic E-state index is 0.335. The van der Waals surface area contributed by atoms with Gasteiger partial charge in [-0.05, 0) is 42.2 Å². The summed E-state index contributed by atoms with van der Waals surface area (Å²) < 4.78 is 0. The van der Waals surface area contributed by atoms with Gasteiger partial charge in [0.05, 0.1) is 0 Å². The molecule has 2 atom stereocenters. The third-order valence-electron chi connectivity index (χ3n) is 4.52. The van der Waals surface area contributed by atoms with E-state index >= 15 is 0 Å². The maximum atomic E-state index is 9.36. The molecule has 3 heteroatoms. The standard InChI is InChI=1S/C17H22N2O/c20-12-15-6-3-5-13(15)8-18-10-16-11-19-9-14-4-1-2-7-17(14)16/h1-2,4,7,9,11,13,15,18,20H,3,5-6,8,10,12H2. The van der Waals surface area contributed by atoms with Crippen LogP contribution >= 0.6 is 0 Å². The van der Waals surface area contributed by atoms with Crippen molar-refractivity contribution < 1.29 is 5.11 Å². The highest BCUT2D eigenvalue weighted by Crippen LogP contribution is 2.30. The van der Waals surface area contributed by atoms with Crippen LogP contribution in [-0.2, 0) is 6.54 Å². The van der Waals surface area contributed by atoms with Gasteiger partial charge in [-0.1, -0.05) is 30.7 Å². The number of hydrogen-bond acceptors (Lipinski definition) is 3. The number of rotatable bonds is 5. The summed E-state index contributed by atoms with van der Waals surface area (Å²) in [6.07, 6.45) is 7.54. The molecule has 1 fully saturated rings. The molecule has 0 amide bonds. The molecule has 106 valence electrons. The van der Waals surface area contributed by atoms with Gasteiger partial charge < -0.3 is 10.4 Å². The predicted octanol–water partition coefficient (Wildman–Crippen LogP) is 2.73. The number of aromatic nitrogens is 1. The lowest BCUT2D eigenvalue weighted by atomic mass is 9.97. The van der Waals surface area contributed by atoms with Crippen molar-refractivity contribution in [2.45, 2.75) is 25.8 Å². The smallest absolute Gasteiger partial charge is 0.0462 e. The zero-order chi connectivity index (χ0) is 13.8. The van der Waals surface area contributed by atoms with Crippen molar-refractivity contribution >= 4 is 10.8 Å². The first-order valence-corrected chi connectivity index (χ1v) is 7.51. The molecule has 0 saturated heterocycles. The molecule has 2 unspecified atom stereocenters. The molecule has 2 aromatic rings. The first-order valence-electron chi connectivity index (χ1n) is 7.51. The topological polar surface area (TPSA) is 45.1 Å². The lowest BCUT2D eigenvalue weighted by Gasteiger charge is -2.18. The normalized spacial score (nSPS) is 22.4. The third kappa shape index (κ3) is 2.84. The minimum atomic E-state index is 0.335. The SMILES string of the molecule is OCC1CCCC1CNCc1cncc2ccccc12. The largest absolute Gasteiger partial charge is 0.396 e. The summed E-state index contributed by atoms with van der Waals surface area (Å²) in [4.78, 5) is 4.31. The second kappa shape index (κ2) is 6.33. The van der Waals surface area contributed by atoms with Crippen molar-refractivity contribution in [3.8, 4) is 0 Å².